The lowest BCUT2D eigenvalue weighted by atomic mass is 9.92. The largest absolute Gasteiger partial charge is 0.424 e. The molecular weight excluding hydrogens is 621 g/mol. The number of anilines is 1. The van der Waals surface area contributed by atoms with Crippen LogP contribution in [0.4, 0.5) is 34.1 Å². The van der Waals surface area contributed by atoms with Crippen LogP contribution in [-0.2, 0) is 20.8 Å². The van der Waals surface area contributed by atoms with Gasteiger partial charge in [0.2, 0.25) is 0 Å². The van der Waals surface area contributed by atoms with Crippen LogP contribution in [0.2, 0.25) is 0 Å². The van der Waals surface area contributed by atoms with E-state index in [1.54, 1.807) is 6.07 Å². The van der Waals surface area contributed by atoms with Crippen LogP contribution in [0.1, 0.15) is 35.6 Å². The Labute approximate surface area is 252 Å². The molecule has 0 radical (unpaired) electrons. The van der Waals surface area contributed by atoms with Crippen LogP contribution in [0.15, 0.2) is 82.9 Å². The number of nitriles is 1. The van der Waals surface area contributed by atoms with E-state index in [9.17, 15) is 51.3 Å². The van der Waals surface area contributed by atoms with Crippen molar-refractivity contribution in [2.45, 2.75) is 30.0 Å². The van der Waals surface area contributed by atoms with Crippen LogP contribution in [0.25, 0.3) is 0 Å². The number of carbonyl (C=O) groups is 3. The second-order valence-electron chi connectivity index (χ2n) is 9.98. The molecular formula is C29H19F3N4O8S. The molecule has 1 atom stereocenters. The number of halogens is 3. The number of urea groups is 1. The molecule has 0 aromatic heterocycles. The fraction of sp³-hybridized carbons (Fsp3) is 0.172. The zero-order valence-electron chi connectivity index (χ0n) is 22.9. The van der Waals surface area contributed by atoms with Gasteiger partial charge in [-0.05, 0) is 54.4 Å². The first-order valence-electron chi connectivity index (χ1n) is 12.9. The van der Waals surface area contributed by atoms with E-state index in [1.165, 1.54) is 12.1 Å². The number of nitrogens with zero attached hydrogens (tertiary/aromatic N) is 4. The van der Waals surface area contributed by atoms with Gasteiger partial charge in [-0.1, -0.05) is 12.1 Å². The molecule has 0 spiro atoms. The molecule has 230 valence electrons. The number of nitro groups is 1. The van der Waals surface area contributed by atoms with E-state index in [1.807, 2.05) is 0 Å². The summed E-state index contributed by atoms with van der Waals surface area (Å²) >= 11 is 0. The Balaban J connectivity index is 1.74. The maximum Gasteiger partial charge on any atom is 0.424 e. The number of hydrogen-bond donors (Lipinski definition) is 0. The number of rotatable bonds is 5. The molecule has 45 heavy (non-hydrogen) atoms. The zero-order valence-corrected chi connectivity index (χ0v) is 23.8. The quantitative estimate of drug-likeness (QED) is 0.251. The van der Waals surface area contributed by atoms with Crippen LogP contribution >= 0.6 is 0 Å². The van der Waals surface area contributed by atoms with Gasteiger partial charge in [-0.2, -0.15) is 18.4 Å². The number of alkyl halides is 3. The normalized spacial score (nSPS) is 16.8. The van der Waals surface area contributed by atoms with Crippen molar-refractivity contribution in [1.29, 1.82) is 5.26 Å². The van der Waals surface area contributed by atoms with Crippen molar-refractivity contribution in [3.63, 3.8) is 0 Å². The Hall–Kier alpha value is -5.56. The first kappa shape index (κ1) is 30.9. The van der Waals surface area contributed by atoms with E-state index in [4.69, 9.17) is 4.74 Å². The summed E-state index contributed by atoms with van der Waals surface area (Å²) in [7, 11) is -4.17. The predicted molar refractivity (Wildman–Crippen MR) is 149 cm³/mol. The highest BCUT2D eigenvalue weighted by Crippen LogP contribution is 2.47. The van der Waals surface area contributed by atoms with Crippen molar-refractivity contribution in [2.24, 2.45) is 0 Å². The van der Waals surface area contributed by atoms with Crippen molar-refractivity contribution in [3.05, 3.63) is 105 Å². The first-order valence-corrected chi connectivity index (χ1v) is 14.8. The van der Waals surface area contributed by atoms with Gasteiger partial charge in [0.1, 0.15) is 11.8 Å². The molecule has 1 heterocycles. The highest BCUT2D eigenvalue weighted by atomic mass is 32.2. The number of imide groups is 1. The van der Waals surface area contributed by atoms with Crippen LogP contribution in [0.3, 0.4) is 0 Å². The highest BCUT2D eigenvalue weighted by molar-refractivity contribution is 7.90. The molecule has 2 aliphatic rings. The lowest BCUT2D eigenvalue weighted by Gasteiger charge is -2.40. The minimum absolute atomic E-state index is 0.0440. The van der Waals surface area contributed by atoms with Gasteiger partial charge < -0.3 is 4.74 Å². The van der Waals surface area contributed by atoms with Gasteiger partial charge in [0.05, 0.1) is 32.7 Å². The number of benzene rings is 3. The summed E-state index contributed by atoms with van der Waals surface area (Å²) in [4.78, 5) is 52.4. The average Bonchev–Trinajstić information content (AvgIpc) is 3.36. The maximum atomic E-state index is 14.2. The molecule has 0 saturated heterocycles. The molecule has 0 fully saturated rings. The zero-order chi connectivity index (χ0) is 32.8. The number of ketones is 1. The molecule has 0 saturated carbocycles. The number of Topliss-reactive ketones (excluding diaryl/α,β-unsaturated/α-hetero) is 1. The molecule has 1 aliphatic heterocycles. The fourth-order valence-electron chi connectivity index (χ4n) is 5.17. The fourth-order valence-corrected chi connectivity index (χ4v) is 6.12. The number of non-ortho nitro benzene ring substituents is 1. The SMILES string of the molecule is CS(=O)(=O)c1cc(C#N)ccc1[C@@H]1C2=C(CCC2=O)N(c2cccc(C(F)(F)F)c2)C(=O)N1C(=O)Oc1ccc([N+](=O)[O-])cc1. The third-order valence-corrected chi connectivity index (χ3v) is 8.27. The van der Waals surface area contributed by atoms with Crippen LogP contribution < -0.4 is 9.64 Å². The molecule has 5 rings (SSSR count). The topological polar surface area (TPSA) is 168 Å². The van der Waals surface area contributed by atoms with E-state index in [2.05, 4.69) is 0 Å². The molecule has 3 aromatic rings. The van der Waals surface area contributed by atoms with Crippen LogP contribution in [0, 0.1) is 21.4 Å². The van der Waals surface area contributed by atoms with Crippen molar-refractivity contribution >= 4 is 39.1 Å². The average molecular weight is 641 g/mol. The second-order valence-corrected chi connectivity index (χ2v) is 12.0. The number of ether oxygens (including phenoxy) is 1. The smallest absolute Gasteiger partial charge is 0.410 e. The van der Waals surface area contributed by atoms with Crippen molar-refractivity contribution in [3.8, 4) is 11.8 Å². The van der Waals surface area contributed by atoms with Gasteiger partial charge in [0, 0.05) is 36.1 Å². The third kappa shape index (κ3) is 5.72. The van der Waals surface area contributed by atoms with E-state index in [0.29, 0.717) is 11.0 Å². The Morgan fingerprint density at radius 1 is 1.07 bits per heavy atom. The maximum absolute atomic E-state index is 14.2. The molecule has 1 aliphatic carbocycles. The standard InChI is InChI=1S/C29H19F3N4O8S/c1-45(42,43)24-13-16(15-33)5-10-21(24)26-25-22(11-12-23(25)37)34(19-4-2-3-17(14-19)29(30,31)32)27(38)35(26)28(39)44-20-8-6-18(7-9-20)36(40)41/h2-10,13-14,26H,11-12H2,1H3/t26-/m1/s1. The number of amides is 3. The van der Waals surface area contributed by atoms with Crippen molar-refractivity contribution < 1.29 is 45.6 Å². The summed E-state index contributed by atoms with van der Waals surface area (Å²) in [6.07, 6.45) is -5.78. The van der Waals surface area contributed by atoms with Gasteiger partial charge in [-0.15, -0.1) is 0 Å². The van der Waals surface area contributed by atoms with Crippen LogP contribution in [0.5, 0.6) is 5.75 Å². The van der Waals surface area contributed by atoms with Gasteiger partial charge in [0.25, 0.3) is 5.69 Å². The van der Waals surface area contributed by atoms with Crippen molar-refractivity contribution in [2.75, 3.05) is 11.2 Å². The number of carbonyl (C=O) groups excluding carboxylic acids is 3. The Kier molecular flexibility index (Phi) is 7.67. The van der Waals surface area contributed by atoms with E-state index >= 15 is 0 Å². The number of sulfone groups is 1. The lowest BCUT2D eigenvalue weighted by Crippen LogP contribution is -2.53. The summed E-state index contributed by atoms with van der Waals surface area (Å²) in [6, 6.07) is 9.96. The predicted octanol–water partition coefficient (Wildman–Crippen LogP) is 5.69. The summed E-state index contributed by atoms with van der Waals surface area (Å²) in [5.74, 6) is -0.889. The van der Waals surface area contributed by atoms with Gasteiger partial charge in [-0.3, -0.25) is 19.8 Å². The lowest BCUT2D eigenvalue weighted by molar-refractivity contribution is -0.384. The number of allylic oxidation sites excluding steroid dienone is 1. The molecule has 12 nitrogen and oxygen atoms in total. The molecule has 0 N–H and O–H groups in total. The Morgan fingerprint density at radius 3 is 2.36 bits per heavy atom. The highest BCUT2D eigenvalue weighted by Gasteiger charge is 2.50. The number of hydrogen-bond acceptors (Lipinski definition) is 9. The first-order chi connectivity index (χ1) is 21.1. The molecule has 16 heteroatoms. The molecule has 3 amide bonds. The van der Waals surface area contributed by atoms with Gasteiger partial charge in [-0.25, -0.2) is 22.9 Å². The third-order valence-electron chi connectivity index (χ3n) is 7.12. The minimum Gasteiger partial charge on any atom is -0.410 e. The minimum atomic E-state index is -4.80. The molecule has 0 unspecified atom stereocenters. The van der Waals surface area contributed by atoms with Crippen molar-refractivity contribution in [1.82, 2.24) is 4.90 Å². The summed E-state index contributed by atoms with van der Waals surface area (Å²) in [6.45, 7) is 0. The monoisotopic (exact) mass is 640 g/mol. The molecule has 3 aromatic carbocycles. The van der Waals surface area contributed by atoms with Gasteiger partial charge >= 0.3 is 18.3 Å². The number of nitro benzene ring substituents is 1. The molecule has 0 bridgehead atoms. The van der Waals surface area contributed by atoms with E-state index < -0.39 is 55.3 Å². The Morgan fingerprint density at radius 2 is 1.76 bits per heavy atom. The summed E-state index contributed by atoms with van der Waals surface area (Å²) < 4.78 is 71.9. The second kappa shape index (κ2) is 11.2. The van der Waals surface area contributed by atoms with E-state index in [-0.39, 0.29) is 52.4 Å². The summed E-state index contributed by atoms with van der Waals surface area (Å²) in [5, 5.41) is 20.4. The van der Waals surface area contributed by atoms with Crippen LogP contribution in [-0.4, -0.2) is 42.4 Å². The Bertz CT molecular complexity index is 1970. The van der Waals surface area contributed by atoms with E-state index in [0.717, 1.165) is 59.7 Å². The van der Waals surface area contributed by atoms with Gasteiger partial charge in [0.15, 0.2) is 15.6 Å². The summed E-state index contributed by atoms with van der Waals surface area (Å²) in [5.41, 5.74) is -2.39.